The molecule has 0 spiro atoms. The van der Waals surface area contributed by atoms with Crippen molar-refractivity contribution in [3.05, 3.63) is 46.0 Å². The minimum absolute atomic E-state index is 0.0856. The van der Waals surface area contributed by atoms with Gasteiger partial charge in [-0.15, -0.1) is 0 Å². The Morgan fingerprint density at radius 1 is 1.53 bits per heavy atom. The minimum atomic E-state index is -0.369. The third-order valence-electron chi connectivity index (χ3n) is 3.49. The lowest BCUT2D eigenvalue weighted by Crippen LogP contribution is -2.38. The van der Waals surface area contributed by atoms with Crippen LogP contribution in [0.4, 0.5) is 0 Å². The van der Waals surface area contributed by atoms with E-state index in [2.05, 4.69) is 16.8 Å². The number of fused-ring (bicyclic) bond motifs is 1. The fraction of sp³-hybridized carbons (Fsp3) is 0.357. The fourth-order valence-electron chi connectivity index (χ4n) is 2.48. The summed E-state index contributed by atoms with van der Waals surface area (Å²) in [6.07, 6.45) is 2.51. The Morgan fingerprint density at radius 2 is 2.42 bits per heavy atom. The van der Waals surface area contributed by atoms with Crippen molar-refractivity contribution >= 4 is 17.2 Å². The lowest BCUT2D eigenvalue weighted by molar-refractivity contribution is -0.134. The van der Waals surface area contributed by atoms with Crippen LogP contribution in [0.5, 0.6) is 0 Å². The zero-order valence-electron chi connectivity index (χ0n) is 10.8. The van der Waals surface area contributed by atoms with Crippen LogP contribution in [-0.2, 0) is 17.8 Å². The summed E-state index contributed by atoms with van der Waals surface area (Å²) in [5.74, 6) is 0.850. The second-order valence-electron chi connectivity index (χ2n) is 4.67. The minimum Gasteiger partial charge on any atom is -0.467 e. The summed E-state index contributed by atoms with van der Waals surface area (Å²) in [6.45, 7) is 1.41. The average Bonchev–Trinajstić information content (AvgIpc) is 3.04. The number of furan rings is 1. The highest BCUT2D eigenvalue weighted by molar-refractivity contribution is 7.07. The van der Waals surface area contributed by atoms with Crippen LogP contribution in [0.2, 0.25) is 0 Å². The van der Waals surface area contributed by atoms with Crippen LogP contribution in [0.1, 0.15) is 22.9 Å². The number of nitrogens with one attached hydrogen (secondary N) is 1. The lowest BCUT2D eigenvalue weighted by atomic mass is 10.1. The van der Waals surface area contributed by atoms with E-state index in [0.717, 1.165) is 24.3 Å². The number of carbonyl (C=O) groups is 1. The molecule has 0 aromatic carbocycles. The Hall–Kier alpha value is -1.59. The van der Waals surface area contributed by atoms with E-state index in [1.807, 2.05) is 16.3 Å². The van der Waals surface area contributed by atoms with Crippen molar-refractivity contribution in [3.63, 3.8) is 0 Å². The number of nitrogens with zero attached hydrogens (tertiary/aromatic N) is 1. The predicted octanol–water partition coefficient (Wildman–Crippen LogP) is 2.19. The van der Waals surface area contributed by atoms with Gasteiger partial charge in [0.2, 0.25) is 5.91 Å². The van der Waals surface area contributed by atoms with E-state index < -0.39 is 0 Å². The first-order valence-electron chi connectivity index (χ1n) is 6.33. The molecule has 19 heavy (non-hydrogen) atoms. The number of hydrogen-bond donors (Lipinski definition) is 1. The van der Waals surface area contributed by atoms with Crippen molar-refractivity contribution in [1.29, 1.82) is 0 Å². The number of thiophene rings is 1. The van der Waals surface area contributed by atoms with Crippen LogP contribution in [0.25, 0.3) is 0 Å². The van der Waals surface area contributed by atoms with Gasteiger partial charge in [-0.25, -0.2) is 0 Å². The van der Waals surface area contributed by atoms with Crippen LogP contribution in [0, 0.1) is 0 Å². The topological polar surface area (TPSA) is 45.5 Å². The quantitative estimate of drug-likeness (QED) is 0.934. The fourth-order valence-corrected chi connectivity index (χ4v) is 3.14. The van der Waals surface area contributed by atoms with Crippen LogP contribution in [0.15, 0.2) is 33.6 Å². The normalized spacial score (nSPS) is 19.3. The SMILES string of the molecule is CNC1C(=O)N(Cc2ccsc2)CCc2ccoc21. The molecule has 0 bridgehead atoms. The first kappa shape index (κ1) is 12.4. The summed E-state index contributed by atoms with van der Waals surface area (Å²) in [5, 5.41) is 7.19. The molecule has 0 radical (unpaired) electrons. The van der Waals surface area contributed by atoms with Crippen molar-refractivity contribution in [2.75, 3.05) is 13.6 Å². The summed E-state index contributed by atoms with van der Waals surface area (Å²) in [5.41, 5.74) is 2.31. The molecule has 1 aliphatic rings. The largest absolute Gasteiger partial charge is 0.467 e. The van der Waals surface area contributed by atoms with Gasteiger partial charge in [-0.3, -0.25) is 4.79 Å². The summed E-state index contributed by atoms with van der Waals surface area (Å²) in [6, 6.07) is 3.65. The molecule has 3 rings (SSSR count). The molecular formula is C14H16N2O2S. The Bertz CT molecular complexity index is 562. The van der Waals surface area contributed by atoms with Gasteiger partial charge in [0.15, 0.2) is 0 Å². The third kappa shape index (κ3) is 2.31. The van der Waals surface area contributed by atoms with E-state index in [0.29, 0.717) is 6.54 Å². The van der Waals surface area contributed by atoms with Crippen LogP contribution in [-0.4, -0.2) is 24.4 Å². The lowest BCUT2D eigenvalue weighted by Gasteiger charge is -2.23. The predicted molar refractivity (Wildman–Crippen MR) is 73.9 cm³/mol. The second kappa shape index (κ2) is 5.19. The molecule has 3 heterocycles. The van der Waals surface area contributed by atoms with E-state index in [1.165, 1.54) is 5.56 Å². The molecule has 0 fully saturated rings. The first-order valence-corrected chi connectivity index (χ1v) is 7.27. The highest BCUT2D eigenvalue weighted by atomic mass is 32.1. The van der Waals surface area contributed by atoms with Crippen LogP contribution < -0.4 is 5.32 Å². The molecule has 2 aromatic heterocycles. The van der Waals surface area contributed by atoms with Gasteiger partial charge in [-0.2, -0.15) is 11.3 Å². The number of rotatable bonds is 3. The maximum Gasteiger partial charge on any atom is 0.247 e. The van der Waals surface area contributed by atoms with Gasteiger partial charge in [0.25, 0.3) is 0 Å². The van der Waals surface area contributed by atoms with Gasteiger partial charge in [0, 0.05) is 13.1 Å². The van der Waals surface area contributed by atoms with Gasteiger partial charge in [0.1, 0.15) is 11.8 Å². The van der Waals surface area contributed by atoms with Crippen molar-refractivity contribution in [1.82, 2.24) is 10.2 Å². The van der Waals surface area contributed by atoms with Crippen molar-refractivity contribution in [3.8, 4) is 0 Å². The molecule has 100 valence electrons. The van der Waals surface area contributed by atoms with E-state index in [-0.39, 0.29) is 11.9 Å². The van der Waals surface area contributed by atoms with E-state index in [9.17, 15) is 4.79 Å². The number of amides is 1. The first-order chi connectivity index (χ1) is 9.29. The average molecular weight is 276 g/mol. The highest BCUT2D eigenvalue weighted by Gasteiger charge is 2.32. The smallest absolute Gasteiger partial charge is 0.247 e. The molecule has 1 amide bonds. The summed E-state index contributed by atoms with van der Waals surface area (Å²) < 4.78 is 5.49. The van der Waals surface area contributed by atoms with Crippen molar-refractivity contribution in [2.24, 2.45) is 0 Å². The van der Waals surface area contributed by atoms with Crippen molar-refractivity contribution in [2.45, 2.75) is 19.0 Å². The Kier molecular flexibility index (Phi) is 3.40. The standard InChI is InChI=1S/C14H16N2O2S/c1-15-12-13-11(3-6-18-13)2-5-16(14(12)17)8-10-4-7-19-9-10/h3-4,6-7,9,12,15H,2,5,8H2,1H3. The second-order valence-corrected chi connectivity index (χ2v) is 5.45. The number of hydrogen-bond acceptors (Lipinski definition) is 4. The van der Waals surface area contributed by atoms with Gasteiger partial charge in [-0.05, 0) is 47.5 Å². The highest BCUT2D eigenvalue weighted by Crippen LogP contribution is 2.26. The molecule has 1 unspecified atom stereocenters. The maximum atomic E-state index is 12.6. The van der Waals surface area contributed by atoms with E-state index in [4.69, 9.17) is 4.42 Å². The zero-order valence-corrected chi connectivity index (χ0v) is 11.6. The van der Waals surface area contributed by atoms with Gasteiger partial charge in [0.05, 0.1) is 6.26 Å². The van der Waals surface area contributed by atoms with Crippen molar-refractivity contribution < 1.29 is 9.21 Å². The summed E-state index contributed by atoms with van der Waals surface area (Å²) in [7, 11) is 1.79. The van der Waals surface area contributed by atoms with E-state index >= 15 is 0 Å². The molecular weight excluding hydrogens is 260 g/mol. The summed E-state index contributed by atoms with van der Waals surface area (Å²) >= 11 is 1.66. The van der Waals surface area contributed by atoms with E-state index in [1.54, 1.807) is 24.6 Å². The Morgan fingerprint density at radius 3 is 3.16 bits per heavy atom. The molecule has 2 aromatic rings. The third-order valence-corrected chi connectivity index (χ3v) is 4.23. The number of carbonyl (C=O) groups excluding carboxylic acids is 1. The molecule has 0 saturated heterocycles. The van der Waals surface area contributed by atoms with Gasteiger partial charge < -0.3 is 14.6 Å². The van der Waals surface area contributed by atoms with Crippen LogP contribution in [0.3, 0.4) is 0 Å². The maximum absolute atomic E-state index is 12.6. The zero-order chi connectivity index (χ0) is 13.2. The van der Waals surface area contributed by atoms with Gasteiger partial charge in [-0.1, -0.05) is 0 Å². The molecule has 1 N–H and O–H groups in total. The monoisotopic (exact) mass is 276 g/mol. The Balaban J connectivity index is 1.85. The molecule has 0 aliphatic carbocycles. The molecule has 1 atom stereocenters. The Labute approximate surface area is 116 Å². The molecule has 5 heteroatoms. The summed E-state index contributed by atoms with van der Waals surface area (Å²) in [4.78, 5) is 14.5. The van der Waals surface area contributed by atoms with Crippen LogP contribution >= 0.6 is 11.3 Å². The molecule has 1 aliphatic heterocycles. The number of likely N-dealkylation sites (N-methyl/N-ethyl adjacent to an activating group) is 1. The molecule has 0 saturated carbocycles. The molecule has 4 nitrogen and oxygen atoms in total. The van der Waals surface area contributed by atoms with Gasteiger partial charge >= 0.3 is 0 Å².